The van der Waals surface area contributed by atoms with Gasteiger partial charge in [0.25, 0.3) is 0 Å². The minimum absolute atomic E-state index is 0. The van der Waals surface area contributed by atoms with Gasteiger partial charge in [-0.25, -0.2) is 4.99 Å². The van der Waals surface area contributed by atoms with Crippen LogP contribution in [0.5, 0.6) is 5.75 Å². The number of guanidine groups is 1. The van der Waals surface area contributed by atoms with E-state index < -0.39 is 0 Å². The van der Waals surface area contributed by atoms with E-state index >= 15 is 0 Å². The third-order valence-electron chi connectivity index (χ3n) is 2.88. The third-order valence-corrected chi connectivity index (χ3v) is 2.88. The molecule has 1 aliphatic heterocycles. The number of halogens is 1. The number of nitrogens with zero attached hydrogens (tertiary/aromatic N) is 2. The van der Waals surface area contributed by atoms with E-state index in [-0.39, 0.29) is 18.4 Å². The first-order valence-corrected chi connectivity index (χ1v) is 6.37. The van der Waals surface area contributed by atoms with Crippen LogP contribution < -0.4 is 16.2 Å². The highest BCUT2D eigenvalue weighted by molar-refractivity contribution is 5.85. The van der Waals surface area contributed by atoms with Crippen LogP contribution in [-0.2, 0) is 4.74 Å². The second kappa shape index (κ2) is 8.63. The minimum atomic E-state index is 0. The number of aliphatic imine (C=N–C) groups is 1. The van der Waals surface area contributed by atoms with E-state index in [9.17, 15) is 0 Å². The maximum absolute atomic E-state index is 5.74. The third kappa shape index (κ3) is 5.24. The number of hydrogen-bond donors (Lipinski definition) is 2. The molecular formula is C13H21ClN4O2. The first-order chi connectivity index (χ1) is 9.25. The van der Waals surface area contributed by atoms with Gasteiger partial charge in [0, 0.05) is 19.6 Å². The van der Waals surface area contributed by atoms with Gasteiger partial charge in [-0.3, -0.25) is 4.90 Å². The van der Waals surface area contributed by atoms with Crippen molar-refractivity contribution >= 4 is 24.1 Å². The van der Waals surface area contributed by atoms with Crippen molar-refractivity contribution in [3.8, 4) is 5.75 Å². The molecule has 0 aromatic heterocycles. The predicted octanol–water partition coefficient (Wildman–Crippen LogP) is 0.724. The van der Waals surface area contributed by atoms with Gasteiger partial charge in [-0.2, -0.15) is 0 Å². The summed E-state index contributed by atoms with van der Waals surface area (Å²) < 4.78 is 11.0. The van der Waals surface area contributed by atoms with Crippen LogP contribution in [0.15, 0.2) is 29.3 Å². The Morgan fingerprint density at radius 1 is 1.25 bits per heavy atom. The number of nitrogens with two attached hydrogens (primary N) is 2. The smallest absolute Gasteiger partial charge is 0.191 e. The lowest BCUT2D eigenvalue weighted by Crippen LogP contribution is -2.38. The van der Waals surface area contributed by atoms with Crippen molar-refractivity contribution in [1.82, 2.24) is 4.90 Å². The molecule has 1 heterocycles. The van der Waals surface area contributed by atoms with E-state index in [1.54, 1.807) is 0 Å². The average Bonchev–Trinajstić information content (AvgIpc) is 2.41. The highest BCUT2D eigenvalue weighted by Crippen LogP contribution is 2.26. The Balaban J connectivity index is 0.00000200. The first kappa shape index (κ1) is 16.6. The lowest BCUT2D eigenvalue weighted by molar-refractivity contribution is 0.0323. The monoisotopic (exact) mass is 300 g/mol. The summed E-state index contributed by atoms with van der Waals surface area (Å²) in [5.41, 5.74) is 11.4. The van der Waals surface area contributed by atoms with Crippen molar-refractivity contribution in [2.75, 3.05) is 39.5 Å². The van der Waals surface area contributed by atoms with E-state index in [2.05, 4.69) is 9.89 Å². The molecule has 7 heteroatoms. The molecule has 112 valence electrons. The van der Waals surface area contributed by atoms with Crippen LogP contribution in [-0.4, -0.2) is 50.3 Å². The quantitative estimate of drug-likeness (QED) is 0.618. The standard InChI is InChI=1S/C13H20N4O2.ClH/c14-13(15)16-11-3-1-2-4-12(11)19-10-7-17-5-8-18-9-6-17;/h1-4H,5-10H2,(H4,14,15,16);1H. The van der Waals surface area contributed by atoms with E-state index in [4.69, 9.17) is 20.9 Å². The van der Waals surface area contributed by atoms with E-state index in [1.807, 2.05) is 24.3 Å². The first-order valence-electron chi connectivity index (χ1n) is 6.37. The van der Waals surface area contributed by atoms with Gasteiger partial charge in [0.05, 0.1) is 13.2 Å². The molecule has 0 saturated carbocycles. The van der Waals surface area contributed by atoms with Crippen molar-refractivity contribution in [3.63, 3.8) is 0 Å². The molecule has 4 N–H and O–H groups in total. The Morgan fingerprint density at radius 3 is 2.65 bits per heavy atom. The molecule has 1 saturated heterocycles. The fourth-order valence-electron chi connectivity index (χ4n) is 1.92. The number of morpholine rings is 1. The van der Waals surface area contributed by atoms with Crippen LogP contribution in [0.25, 0.3) is 0 Å². The molecule has 0 spiro atoms. The summed E-state index contributed by atoms with van der Waals surface area (Å²) in [5, 5.41) is 0. The summed E-state index contributed by atoms with van der Waals surface area (Å²) in [5.74, 6) is 0.730. The van der Waals surface area contributed by atoms with Gasteiger partial charge < -0.3 is 20.9 Å². The fourth-order valence-corrected chi connectivity index (χ4v) is 1.92. The number of benzene rings is 1. The SMILES string of the molecule is Cl.NC(N)=Nc1ccccc1OCCN1CCOCC1. The second-order valence-corrected chi connectivity index (χ2v) is 4.31. The van der Waals surface area contributed by atoms with Crippen molar-refractivity contribution in [1.29, 1.82) is 0 Å². The predicted molar refractivity (Wildman–Crippen MR) is 81.9 cm³/mol. The number of para-hydroxylation sites is 2. The van der Waals surface area contributed by atoms with Gasteiger partial charge in [-0.15, -0.1) is 12.4 Å². The largest absolute Gasteiger partial charge is 0.490 e. The van der Waals surface area contributed by atoms with Crippen LogP contribution in [0.4, 0.5) is 5.69 Å². The molecular weight excluding hydrogens is 280 g/mol. The van der Waals surface area contributed by atoms with Crippen LogP contribution in [0.2, 0.25) is 0 Å². The van der Waals surface area contributed by atoms with E-state index in [0.717, 1.165) is 32.8 Å². The van der Waals surface area contributed by atoms with Crippen LogP contribution in [0.3, 0.4) is 0 Å². The van der Waals surface area contributed by atoms with Crippen LogP contribution in [0, 0.1) is 0 Å². The molecule has 0 radical (unpaired) electrons. The Hall–Kier alpha value is -1.50. The number of hydrogen-bond acceptors (Lipinski definition) is 4. The highest BCUT2D eigenvalue weighted by atomic mass is 35.5. The molecule has 0 amide bonds. The summed E-state index contributed by atoms with van der Waals surface area (Å²) in [6.07, 6.45) is 0. The summed E-state index contributed by atoms with van der Waals surface area (Å²) in [4.78, 5) is 6.35. The van der Waals surface area contributed by atoms with Crippen LogP contribution in [0.1, 0.15) is 0 Å². The Bertz CT molecular complexity index is 432. The van der Waals surface area contributed by atoms with Crippen molar-refractivity contribution in [2.45, 2.75) is 0 Å². The molecule has 1 aromatic rings. The van der Waals surface area contributed by atoms with Gasteiger partial charge >= 0.3 is 0 Å². The Kier molecular flexibility index (Phi) is 7.14. The molecule has 1 aliphatic rings. The number of ether oxygens (including phenoxy) is 2. The molecule has 1 fully saturated rings. The summed E-state index contributed by atoms with van der Waals surface area (Å²) in [6, 6.07) is 7.46. The molecule has 20 heavy (non-hydrogen) atoms. The zero-order valence-electron chi connectivity index (χ0n) is 11.3. The molecule has 0 bridgehead atoms. The molecule has 1 aromatic carbocycles. The summed E-state index contributed by atoms with van der Waals surface area (Å²) in [7, 11) is 0. The number of rotatable bonds is 5. The highest BCUT2D eigenvalue weighted by Gasteiger charge is 2.10. The van der Waals surface area contributed by atoms with Crippen molar-refractivity contribution < 1.29 is 9.47 Å². The topological polar surface area (TPSA) is 86.1 Å². The van der Waals surface area contributed by atoms with Crippen molar-refractivity contribution in [2.24, 2.45) is 16.5 Å². The molecule has 0 atom stereocenters. The van der Waals surface area contributed by atoms with Crippen molar-refractivity contribution in [3.05, 3.63) is 24.3 Å². The molecule has 0 aliphatic carbocycles. The average molecular weight is 301 g/mol. The van der Waals surface area contributed by atoms with Gasteiger partial charge in [-0.1, -0.05) is 12.1 Å². The normalized spacial score (nSPS) is 15.2. The molecule has 2 rings (SSSR count). The summed E-state index contributed by atoms with van der Waals surface area (Å²) >= 11 is 0. The lowest BCUT2D eigenvalue weighted by Gasteiger charge is -2.26. The molecule has 0 unspecified atom stereocenters. The zero-order chi connectivity index (χ0) is 13.5. The van der Waals surface area contributed by atoms with Gasteiger partial charge in [0.15, 0.2) is 5.96 Å². The summed E-state index contributed by atoms with van der Waals surface area (Å²) in [6.45, 7) is 4.99. The van der Waals surface area contributed by atoms with Gasteiger partial charge in [0.2, 0.25) is 0 Å². The van der Waals surface area contributed by atoms with Crippen LogP contribution >= 0.6 is 12.4 Å². The minimum Gasteiger partial charge on any atom is -0.490 e. The maximum atomic E-state index is 5.74. The van der Waals surface area contributed by atoms with E-state index in [0.29, 0.717) is 18.0 Å². The molecule has 6 nitrogen and oxygen atoms in total. The van der Waals surface area contributed by atoms with E-state index in [1.165, 1.54) is 0 Å². The van der Waals surface area contributed by atoms with Gasteiger partial charge in [0.1, 0.15) is 18.0 Å². The fraction of sp³-hybridized carbons (Fsp3) is 0.462. The van der Waals surface area contributed by atoms with Gasteiger partial charge in [-0.05, 0) is 12.1 Å². The maximum Gasteiger partial charge on any atom is 0.191 e. The lowest BCUT2D eigenvalue weighted by atomic mass is 10.3. The second-order valence-electron chi connectivity index (χ2n) is 4.31. The Labute approximate surface area is 125 Å². The zero-order valence-corrected chi connectivity index (χ0v) is 12.1. The Morgan fingerprint density at radius 2 is 1.95 bits per heavy atom.